The number of hydrogen-bond donors (Lipinski definition) is 0. The quantitative estimate of drug-likeness (QED) is 0.0791. The summed E-state index contributed by atoms with van der Waals surface area (Å²) in [6.45, 7) is 0. The standard InChI is InChI=1S/C11H8N.2C10H8N2.F6P.Ru/c1-2-6-10(7-3-1)11-8-4-5-9-12-11;2*1-3-7-11-9(5-1)10-6-2-4-8-12-10;1-7(2,3,4,5)6;/h1-6,8-9H;2*1-8H;;/q-1;;;-1;+2. The SMILES string of the molecule is F[P-](F)(F)(F)(F)F.[Ru+2].[c-]1ccccc1-c1ccccn1.c1ccc(-c2ccccn2)nc1.c1ccc(-c2ccccn2)nc1. The second-order valence-electron chi connectivity index (χ2n) is 8.31. The first-order valence-corrected chi connectivity index (χ1v) is 14.5. The Morgan fingerprint density at radius 3 is 0.886 bits per heavy atom. The van der Waals surface area contributed by atoms with Gasteiger partial charge in [-0.05, 0) is 60.3 Å². The third kappa shape index (κ3) is 16.3. The van der Waals surface area contributed by atoms with E-state index in [9.17, 15) is 25.2 Å². The van der Waals surface area contributed by atoms with Crippen molar-refractivity contribution in [2.24, 2.45) is 0 Å². The number of halogens is 6. The van der Waals surface area contributed by atoms with Crippen LogP contribution in [-0.4, -0.2) is 24.9 Å². The molecule has 0 bridgehead atoms. The van der Waals surface area contributed by atoms with Gasteiger partial charge in [-0.15, -0.1) is 35.9 Å². The fourth-order valence-corrected chi connectivity index (χ4v) is 3.13. The molecular weight excluding hydrogens is 688 g/mol. The minimum Gasteiger partial charge on any atom is -0.305 e. The maximum Gasteiger partial charge on any atom is 2.00 e. The van der Waals surface area contributed by atoms with Crippen molar-refractivity contribution in [1.29, 1.82) is 0 Å². The van der Waals surface area contributed by atoms with E-state index < -0.39 is 7.81 Å². The van der Waals surface area contributed by atoms with Crippen LogP contribution in [0.15, 0.2) is 146 Å². The molecule has 13 heteroatoms. The van der Waals surface area contributed by atoms with Gasteiger partial charge in [-0.25, -0.2) is 0 Å². The Bertz CT molecular complexity index is 1320. The van der Waals surface area contributed by atoms with Crippen molar-refractivity contribution in [2.75, 3.05) is 0 Å². The third-order valence-corrected chi connectivity index (χ3v) is 4.83. The fraction of sp³-hybridized carbons (Fsp3) is 0. The molecule has 0 aliphatic carbocycles. The van der Waals surface area contributed by atoms with Gasteiger partial charge in [0.1, 0.15) is 0 Å². The van der Waals surface area contributed by atoms with E-state index in [1.165, 1.54) is 0 Å². The molecule has 1 aromatic carbocycles. The Morgan fingerprint density at radius 2 is 0.659 bits per heavy atom. The van der Waals surface area contributed by atoms with E-state index in [1.807, 2.05) is 115 Å². The Balaban J connectivity index is 0.000000207. The largest absolute Gasteiger partial charge is 2.00 e. The van der Waals surface area contributed by atoms with Crippen molar-refractivity contribution in [1.82, 2.24) is 24.9 Å². The molecule has 5 aromatic heterocycles. The number of benzene rings is 1. The molecular formula is C31H24F6N5PRu. The second kappa shape index (κ2) is 15.9. The summed E-state index contributed by atoms with van der Waals surface area (Å²) in [4.78, 5) is 21.0. The van der Waals surface area contributed by atoms with Crippen LogP contribution >= 0.6 is 7.81 Å². The van der Waals surface area contributed by atoms with Crippen molar-refractivity contribution in [3.8, 4) is 34.0 Å². The minimum absolute atomic E-state index is 0. The Labute approximate surface area is 263 Å². The zero-order chi connectivity index (χ0) is 31.1. The smallest absolute Gasteiger partial charge is 0.305 e. The van der Waals surface area contributed by atoms with Crippen LogP contribution in [0.25, 0.3) is 34.0 Å². The summed E-state index contributed by atoms with van der Waals surface area (Å²) >= 11 is 0. The predicted octanol–water partition coefficient (Wildman–Crippen LogP) is 10.2. The van der Waals surface area contributed by atoms with Gasteiger partial charge in [0.2, 0.25) is 0 Å². The van der Waals surface area contributed by atoms with Crippen LogP contribution in [0.1, 0.15) is 0 Å². The molecule has 0 amide bonds. The summed E-state index contributed by atoms with van der Waals surface area (Å²) in [5.41, 5.74) is 5.67. The van der Waals surface area contributed by atoms with Gasteiger partial charge in [0, 0.05) is 31.0 Å². The molecule has 0 aliphatic rings. The van der Waals surface area contributed by atoms with Crippen LogP contribution in [0.3, 0.4) is 0 Å². The van der Waals surface area contributed by atoms with Crippen LogP contribution in [0.2, 0.25) is 0 Å². The first-order chi connectivity index (χ1) is 20.3. The molecule has 0 saturated heterocycles. The molecule has 0 aliphatic heterocycles. The van der Waals surface area contributed by atoms with Gasteiger partial charge in [-0.2, -0.15) is 0 Å². The topological polar surface area (TPSA) is 64.5 Å². The van der Waals surface area contributed by atoms with Crippen LogP contribution in [-0.2, 0) is 19.5 Å². The van der Waals surface area contributed by atoms with E-state index in [0.29, 0.717) is 0 Å². The van der Waals surface area contributed by atoms with E-state index in [0.717, 1.165) is 34.0 Å². The van der Waals surface area contributed by atoms with E-state index in [2.05, 4.69) is 31.0 Å². The second-order valence-corrected chi connectivity index (χ2v) is 10.2. The van der Waals surface area contributed by atoms with E-state index in [-0.39, 0.29) is 19.5 Å². The molecule has 0 fully saturated rings. The minimum atomic E-state index is -10.7. The average molecular weight is 713 g/mol. The van der Waals surface area contributed by atoms with E-state index in [1.54, 1.807) is 31.0 Å². The summed E-state index contributed by atoms with van der Waals surface area (Å²) in [5.74, 6) is 0. The van der Waals surface area contributed by atoms with Gasteiger partial charge in [-0.3, -0.25) is 19.9 Å². The van der Waals surface area contributed by atoms with Gasteiger partial charge in [0.15, 0.2) is 0 Å². The van der Waals surface area contributed by atoms with Crippen LogP contribution in [0.4, 0.5) is 25.2 Å². The van der Waals surface area contributed by atoms with Crippen LogP contribution in [0, 0.1) is 6.07 Å². The monoisotopic (exact) mass is 713 g/mol. The van der Waals surface area contributed by atoms with Crippen LogP contribution in [0.5, 0.6) is 0 Å². The zero-order valence-electron chi connectivity index (χ0n) is 22.7. The molecule has 6 aromatic rings. The number of aromatic nitrogens is 5. The maximum atomic E-state index is 9.87. The number of pyridine rings is 5. The molecule has 0 atom stereocenters. The Kier molecular flexibility index (Phi) is 12.9. The van der Waals surface area contributed by atoms with E-state index >= 15 is 0 Å². The first-order valence-electron chi connectivity index (χ1n) is 12.4. The molecule has 5 nitrogen and oxygen atoms in total. The molecule has 228 valence electrons. The molecule has 0 radical (unpaired) electrons. The predicted molar refractivity (Wildman–Crippen MR) is 157 cm³/mol. The van der Waals surface area contributed by atoms with Gasteiger partial charge in [0.25, 0.3) is 0 Å². The van der Waals surface area contributed by atoms with Crippen molar-refractivity contribution >= 4 is 7.81 Å². The summed E-state index contributed by atoms with van der Waals surface area (Å²) < 4.78 is 59.2. The number of hydrogen-bond acceptors (Lipinski definition) is 5. The van der Waals surface area contributed by atoms with Crippen molar-refractivity contribution in [3.63, 3.8) is 0 Å². The molecule has 0 N–H and O–H groups in total. The summed E-state index contributed by atoms with van der Waals surface area (Å²) in [7, 11) is -10.7. The van der Waals surface area contributed by atoms with Gasteiger partial charge in [0.05, 0.1) is 22.8 Å². The first kappa shape index (κ1) is 35.8. The molecule has 0 unspecified atom stereocenters. The van der Waals surface area contributed by atoms with Gasteiger partial charge in [-0.1, -0.05) is 36.4 Å². The van der Waals surface area contributed by atoms with E-state index in [4.69, 9.17) is 0 Å². The van der Waals surface area contributed by atoms with Crippen molar-refractivity contribution < 1.29 is 44.7 Å². The molecule has 0 saturated carbocycles. The average Bonchev–Trinajstić information content (AvgIpc) is 3.03. The maximum absolute atomic E-state index is 10.7. The van der Waals surface area contributed by atoms with Crippen molar-refractivity contribution in [2.45, 2.75) is 0 Å². The van der Waals surface area contributed by atoms with Gasteiger partial charge < -0.3 is 4.98 Å². The Morgan fingerprint density at radius 1 is 0.386 bits per heavy atom. The van der Waals surface area contributed by atoms with Crippen molar-refractivity contribution in [3.05, 3.63) is 152 Å². The normalized spacial score (nSPS) is 11.6. The van der Waals surface area contributed by atoms with Gasteiger partial charge >= 0.3 is 52.5 Å². The number of nitrogens with zero attached hydrogens (tertiary/aromatic N) is 5. The summed E-state index contributed by atoms with van der Waals surface area (Å²) in [5, 5.41) is 0. The summed E-state index contributed by atoms with van der Waals surface area (Å²) in [6, 6.07) is 40.0. The third-order valence-electron chi connectivity index (χ3n) is 4.83. The van der Waals surface area contributed by atoms with Crippen LogP contribution < -0.4 is 0 Å². The summed E-state index contributed by atoms with van der Waals surface area (Å²) in [6.07, 6.45) is 8.86. The molecule has 5 heterocycles. The molecule has 0 spiro atoms. The fourth-order valence-electron chi connectivity index (χ4n) is 3.13. The zero-order valence-corrected chi connectivity index (χ0v) is 25.3. The number of rotatable bonds is 3. The Hall–Kier alpha value is -4.40. The molecule has 6 rings (SSSR count). The molecule has 44 heavy (non-hydrogen) atoms.